The fourth-order valence-electron chi connectivity index (χ4n) is 2.06. The zero-order chi connectivity index (χ0) is 9.26. The van der Waals surface area contributed by atoms with Crippen LogP contribution in [-0.2, 0) is 6.54 Å². The molecule has 1 N–H and O–H groups in total. The van der Waals surface area contributed by atoms with Crippen molar-refractivity contribution in [1.82, 2.24) is 20.2 Å². The summed E-state index contributed by atoms with van der Waals surface area (Å²) in [5.41, 5.74) is 0. The number of hydrogen-bond donors (Lipinski definition) is 1. The third-order valence-corrected chi connectivity index (χ3v) is 3.29. The van der Waals surface area contributed by atoms with Crippen molar-refractivity contribution in [3.8, 4) is 0 Å². The first-order valence-corrected chi connectivity index (χ1v) is 5.16. The maximum Gasteiger partial charge on any atom is 0.238 e. The van der Waals surface area contributed by atoms with Crippen LogP contribution in [0.15, 0.2) is 0 Å². The van der Waals surface area contributed by atoms with E-state index in [1.807, 2.05) is 4.68 Å². The summed E-state index contributed by atoms with van der Waals surface area (Å²) < 4.78 is 2.43. The van der Waals surface area contributed by atoms with Gasteiger partial charge in [-0.2, -0.15) is 5.21 Å². The number of tetrazole rings is 1. The Labute approximate surface area is 82.3 Å². The fraction of sp³-hybridized carbons (Fsp3) is 0.875. The van der Waals surface area contributed by atoms with Gasteiger partial charge in [0.15, 0.2) is 0 Å². The van der Waals surface area contributed by atoms with Crippen LogP contribution in [0.25, 0.3) is 0 Å². The average Bonchev–Trinajstić information content (AvgIpc) is 2.65. The van der Waals surface area contributed by atoms with E-state index in [0.717, 1.165) is 18.4 Å². The zero-order valence-electron chi connectivity index (χ0n) is 7.73. The van der Waals surface area contributed by atoms with Crippen LogP contribution in [0.4, 0.5) is 0 Å². The molecule has 0 spiro atoms. The molecule has 0 bridgehead atoms. The lowest BCUT2D eigenvalue weighted by atomic mass is 9.98. The fourth-order valence-corrected chi connectivity index (χ4v) is 2.22. The van der Waals surface area contributed by atoms with Gasteiger partial charge in [0.2, 0.25) is 4.77 Å². The van der Waals surface area contributed by atoms with Gasteiger partial charge >= 0.3 is 0 Å². The van der Waals surface area contributed by atoms with Gasteiger partial charge in [0.25, 0.3) is 0 Å². The summed E-state index contributed by atoms with van der Waals surface area (Å²) in [6.45, 7) is 3.26. The molecule has 0 amide bonds. The molecule has 2 atom stereocenters. The molecule has 2 unspecified atom stereocenters. The van der Waals surface area contributed by atoms with Crippen LogP contribution in [0.2, 0.25) is 0 Å². The molecule has 1 aliphatic rings. The number of rotatable bonds is 2. The summed E-state index contributed by atoms with van der Waals surface area (Å²) in [4.78, 5) is 0. The molecule has 1 saturated carbocycles. The first-order valence-electron chi connectivity index (χ1n) is 4.75. The van der Waals surface area contributed by atoms with Gasteiger partial charge in [0.1, 0.15) is 0 Å². The highest BCUT2D eigenvalue weighted by molar-refractivity contribution is 7.71. The molecule has 13 heavy (non-hydrogen) atoms. The Morgan fingerprint density at radius 1 is 1.62 bits per heavy atom. The first kappa shape index (κ1) is 8.87. The standard InChI is InChI=1S/C8H14N4S/c1-6-3-2-4-7(6)5-12-8(13)9-10-11-12/h6-7H,2-5H2,1H3,(H,9,11,13). The number of nitrogens with one attached hydrogen (secondary N) is 1. The van der Waals surface area contributed by atoms with Crippen molar-refractivity contribution in [1.29, 1.82) is 0 Å². The molecule has 0 aliphatic heterocycles. The average molecular weight is 198 g/mol. The van der Waals surface area contributed by atoms with Crippen LogP contribution in [-0.4, -0.2) is 20.2 Å². The first-order chi connectivity index (χ1) is 6.27. The van der Waals surface area contributed by atoms with Crippen LogP contribution < -0.4 is 0 Å². The minimum atomic E-state index is 0.569. The van der Waals surface area contributed by atoms with E-state index in [9.17, 15) is 0 Å². The molecule has 1 aliphatic carbocycles. The minimum absolute atomic E-state index is 0.569. The predicted octanol–water partition coefficient (Wildman–Crippen LogP) is 1.77. The smallest absolute Gasteiger partial charge is 0.238 e. The second kappa shape index (κ2) is 3.57. The van der Waals surface area contributed by atoms with Crippen LogP contribution in [0.5, 0.6) is 0 Å². The molecule has 0 radical (unpaired) electrons. The molecule has 0 aromatic carbocycles. The lowest BCUT2D eigenvalue weighted by Gasteiger charge is -2.14. The van der Waals surface area contributed by atoms with Gasteiger partial charge in [-0.05, 0) is 30.5 Å². The van der Waals surface area contributed by atoms with Crippen LogP contribution in [0.1, 0.15) is 26.2 Å². The molecule has 1 aromatic rings. The van der Waals surface area contributed by atoms with Crippen molar-refractivity contribution in [2.24, 2.45) is 11.8 Å². The highest BCUT2D eigenvalue weighted by Crippen LogP contribution is 2.31. The Kier molecular flexibility index (Phi) is 2.44. The molecule has 0 saturated heterocycles. The summed E-state index contributed by atoms with van der Waals surface area (Å²) in [5.74, 6) is 1.55. The third-order valence-electron chi connectivity index (χ3n) is 2.99. The van der Waals surface area contributed by atoms with E-state index in [2.05, 4.69) is 22.4 Å². The number of hydrogen-bond acceptors (Lipinski definition) is 3. The second-order valence-electron chi connectivity index (χ2n) is 3.86. The summed E-state index contributed by atoms with van der Waals surface area (Å²) in [6, 6.07) is 0. The quantitative estimate of drug-likeness (QED) is 0.737. The summed E-state index contributed by atoms with van der Waals surface area (Å²) in [5, 5.41) is 10.2. The third kappa shape index (κ3) is 1.80. The van der Waals surface area contributed by atoms with E-state index in [1.165, 1.54) is 19.3 Å². The molecular weight excluding hydrogens is 184 g/mol. The van der Waals surface area contributed by atoms with Crippen LogP contribution in [0, 0.1) is 16.6 Å². The monoisotopic (exact) mass is 198 g/mol. The zero-order valence-corrected chi connectivity index (χ0v) is 8.55. The van der Waals surface area contributed by atoms with E-state index in [4.69, 9.17) is 12.2 Å². The van der Waals surface area contributed by atoms with E-state index >= 15 is 0 Å². The molecule has 1 heterocycles. The Bertz CT molecular complexity index is 329. The number of aromatic nitrogens is 4. The lowest BCUT2D eigenvalue weighted by Crippen LogP contribution is -2.14. The number of nitrogens with zero attached hydrogens (tertiary/aromatic N) is 3. The van der Waals surface area contributed by atoms with Gasteiger partial charge in [-0.3, -0.25) is 0 Å². The van der Waals surface area contributed by atoms with Crippen molar-refractivity contribution < 1.29 is 0 Å². The largest absolute Gasteiger partial charge is 0.242 e. The Hall–Kier alpha value is -0.710. The molecule has 72 valence electrons. The lowest BCUT2D eigenvalue weighted by molar-refractivity contribution is 0.342. The number of aromatic amines is 1. The van der Waals surface area contributed by atoms with Crippen molar-refractivity contribution in [2.75, 3.05) is 0 Å². The second-order valence-corrected chi connectivity index (χ2v) is 4.23. The van der Waals surface area contributed by atoms with Crippen LogP contribution in [0.3, 0.4) is 0 Å². The summed E-state index contributed by atoms with van der Waals surface area (Å²) >= 11 is 5.02. The molecule has 4 nitrogen and oxygen atoms in total. The molecule has 2 rings (SSSR count). The van der Waals surface area contributed by atoms with Crippen molar-refractivity contribution >= 4 is 12.2 Å². The normalized spacial score (nSPS) is 28.1. The predicted molar refractivity (Wildman–Crippen MR) is 51.7 cm³/mol. The molecule has 1 aromatic heterocycles. The van der Waals surface area contributed by atoms with Gasteiger partial charge in [-0.1, -0.05) is 30.1 Å². The maximum absolute atomic E-state index is 5.02. The van der Waals surface area contributed by atoms with E-state index in [-0.39, 0.29) is 0 Å². The maximum atomic E-state index is 5.02. The van der Waals surface area contributed by atoms with Gasteiger partial charge in [-0.15, -0.1) is 0 Å². The van der Waals surface area contributed by atoms with Gasteiger partial charge < -0.3 is 0 Å². The van der Waals surface area contributed by atoms with E-state index in [0.29, 0.717) is 4.77 Å². The molecule has 5 heteroatoms. The van der Waals surface area contributed by atoms with Gasteiger partial charge in [0, 0.05) is 6.54 Å². The van der Waals surface area contributed by atoms with Gasteiger partial charge in [0.05, 0.1) is 0 Å². The highest BCUT2D eigenvalue weighted by Gasteiger charge is 2.23. The van der Waals surface area contributed by atoms with Crippen LogP contribution >= 0.6 is 12.2 Å². The topological polar surface area (TPSA) is 46.5 Å². The molecular formula is C8H14N4S. The van der Waals surface area contributed by atoms with Gasteiger partial charge in [-0.25, -0.2) is 4.68 Å². The van der Waals surface area contributed by atoms with Crippen molar-refractivity contribution in [3.63, 3.8) is 0 Å². The Balaban J connectivity index is 2.06. The minimum Gasteiger partial charge on any atom is -0.242 e. The summed E-state index contributed by atoms with van der Waals surface area (Å²) in [7, 11) is 0. The Morgan fingerprint density at radius 2 is 2.46 bits per heavy atom. The molecule has 1 fully saturated rings. The SMILES string of the molecule is CC1CCCC1Cn1[nH]nnc1=S. The summed E-state index contributed by atoms with van der Waals surface area (Å²) in [6.07, 6.45) is 4.00. The highest BCUT2D eigenvalue weighted by atomic mass is 32.1. The number of H-pyrrole nitrogens is 1. The van der Waals surface area contributed by atoms with Crippen molar-refractivity contribution in [2.45, 2.75) is 32.7 Å². The Morgan fingerprint density at radius 3 is 3.00 bits per heavy atom. The van der Waals surface area contributed by atoms with Crippen molar-refractivity contribution in [3.05, 3.63) is 4.77 Å². The van der Waals surface area contributed by atoms with E-state index < -0.39 is 0 Å². The van der Waals surface area contributed by atoms with E-state index in [1.54, 1.807) is 0 Å².